The third-order valence-electron chi connectivity index (χ3n) is 9.41. The van der Waals surface area contributed by atoms with Gasteiger partial charge in [-0.3, -0.25) is 19.4 Å². The zero-order valence-electron chi connectivity index (χ0n) is 24.8. The van der Waals surface area contributed by atoms with Crippen LogP contribution < -0.4 is 37.3 Å². The highest BCUT2D eigenvalue weighted by Gasteiger charge is 2.65. The van der Waals surface area contributed by atoms with Crippen LogP contribution >= 0.6 is 0 Å². The van der Waals surface area contributed by atoms with Gasteiger partial charge in [0.25, 0.3) is 0 Å². The number of piperidine rings is 1. The number of Topliss-reactive ketones (excluding diaryl/α,β-unsaturated/α-hetero) is 1. The third kappa shape index (κ3) is 5.73. The van der Waals surface area contributed by atoms with Crippen LogP contribution in [-0.4, -0.2) is 104 Å². The van der Waals surface area contributed by atoms with Crippen molar-refractivity contribution in [2.24, 2.45) is 28.1 Å². The number of carbonyl (C=O) groups is 4. The maximum absolute atomic E-state index is 13.1. The summed E-state index contributed by atoms with van der Waals surface area (Å²) in [6.45, 7) is 1.21. The number of amides is 3. The van der Waals surface area contributed by atoms with Gasteiger partial charge in [0.2, 0.25) is 11.8 Å². The molecule has 2 heterocycles. The van der Waals surface area contributed by atoms with Gasteiger partial charge in [-0.15, -0.1) is 0 Å². The zero-order chi connectivity index (χ0) is 30.9. The number of hydrogen-bond acceptors (Lipinski definition) is 9. The Labute approximate surface area is 250 Å². The molecule has 8 N–H and O–H groups in total. The Morgan fingerprint density at radius 1 is 1.30 bits per heavy atom. The van der Waals surface area contributed by atoms with E-state index in [-0.39, 0.29) is 36.8 Å². The first kappa shape index (κ1) is 30.5. The van der Waals surface area contributed by atoms with Crippen molar-refractivity contribution in [3.05, 3.63) is 23.3 Å². The lowest BCUT2D eigenvalue weighted by Gasteiger charge is -2.57. The molecule has 5 atom stereocenters. The monoisotopic (exact) mass is 598 g/mol. The van der Waals surface area contributed by atoms with E-state index >= 15 is 0 Å². The first-order valence-electron chi connectivity index (χ1n) is 14.9. The molecular weight excluding hydrogens is 556 g/mol. The number of ketones is 1. The lowest BCUT2D eigenvalue weighted by Crippen LogP contribution is -2.65. The van der Waals surface area contributed by atoms with E-state index in [9.17, 15) is 19.2 Å². The summed E-state index contributed by atoms with van der Waals surface area (Å²) in [5.74, 6) is 0.325. The summed E-state index contributed by atoms with van der Waals surface area (Å²) < 4.78 is 12.2. The smallest absolute Gasteiger partial charge is 0.415 e. The maximum atomic E-state index is 13.1. The fraction of sp³-hybridized carbons (Fsp3) is 0.621. The van der Waals surface area contributed by atoms with Gasteiger partial charge in [-0.25, -0.2) is 4.79 Å². The Morgan fingerprint density at radius 3 is 2.84 bits per heavy atom. The molecule has 14 nitrogen and oxygen atoms in total. The van der Waals surface area contributed by atoms with Crippen molar-refractivity contribution in [1.29, 1.82) is 0 Å². The molecule has 1 aromatic carbocycles. The summed E-state index contributed by atoms with van der Waals surface area (Å²) in [5, 5.41) is 5.34. The fourth-order valence-corrected chi connectivity index (χ4v) is 7.35. The van der Waals surface area contributed by atoms with Gasteiger partial charge in [0.15, 0.2) is 29.3 Å². The van der Waals surface area contributed by atoms with Crippen molar-refractivity contribution in [3.63, 3.8) is 0 Å². The van der Waals surface area contributed by atoms with Crippen LogP contribution in [0.15, 0.2) is 17.1 Å². The van der Waals surface area contributed by atoms with Crippen LogP contribution in [0.1, 0.15) is 43.2 Å². The number of rotatable bonds is 11. The third-order valence-corrected chi connectivity index (χ3v) is 9.41. The van der Waals surface area contributed by atoms with Gasteiger partial charge in [0.05, 0.1) is 6.54 Å². The quantitative estimate of drug-likeness (QED) is 0.119. The number of likely N-dealkylation sites (tertiary alicyclic amines) is 1. The molecule has 3 amide bonds. The molecule has 4 unspecified atom stereocenters. The second kappa shape index (κ2) is 12.4. The molecule has 1 saturated carbocycles. The molecule has 5 rings (SSSR count). The highest BCUT2D eigenvalue weighted by atomic mass is 16.6. The van der Waals surface area contributed by atoms with E-state index in [0.717, 1.165) is 36.9 Å². The summed E-state index contributed by atoms with van der Waals surface area (Å²) in [4.78, 5) is 58.4. The van der Waals surface area contributed by atoms with E-state index < -0.39 is 30.1 Å². The van der Waals surface area contributed by atoms with E-state index in [4.69, 9.17) is 26.7 Å². The van der Waals surface area contributed by atoms with Crippen LogP contribution in [0, 0.1) is 5.92 Å². The number of guanidine groups is 1. The SMILES string of the molecule is CN(CCNC(=O)[C@H](CCCN=C(N)N)NC(=O)CN)C(=O)Oc1ccc2c3c1OC1C(=O)CCC4C(C2)N(C)CCC314. The number of aliphatic imine (C=N–C) groups is 1. The summed E-state index contributed by atoms with van der Waals surface area (Å²) in [7, 11) is 3.72. The molecule has 2 fully saturated rings. The number of hydrogen-bond donors (Lipinski definition) is 5. The number of benzene rings is 1. The lowest BCUT2D eigenvalue weighted by molar-refractivity contribution is -0.138. The molecule has 1 spiro atoms. The molecule has 2 bridgehead atoms. The molecule has 0 aromatic heterocycles. The van der Waals surface area contributed by atoms with Crippen molar-refractivity contribution < 1.29 is 28.7 Å². The lowest BCUT2D eigenvalue weighted by atomic mass is 9.52. The highest BCUT2D eigenvalue weighted by Crippen LogP contribution is 2.63. The van der Waals surface area contributed by atoms with Crippen LogP contribution in [0.5, 0.6) is 11.5 Å². The Kier molecular flexibility index (Phi) is 8.79. The molecule has 1 saturated heterocycles. The van der Waals surface area contributed by atoms with Crippen molar-refractivity contribution in [2.45, 2.75) is 62.1 Å². The van der Waals surface area contributed by atoms with Crippen LogP contribution in [0.2, 0.25) is 0 Å². The van der Waals surface area contributed by atoms with Gasteiger partial charge < -0.3 is 47.1 Å². The first-order valence-corrected chi connectivity index (χ1v) is 14.9. The molecule has 1 aromatic rings. The van der Waals surface area contributed by atoms with Gasteiger partial charge in [0, 0.05) is 50.1 Å². The summed E-state index contributed by atoms with van der Waals surface area (Å²) in [6, 6.07) is 3.29. The minimum Gasteiger partial charge on any atom is -0.477 e. The van der Waals surface area contributed by atoms with E-state index in [1.807, 2.05) is 6.07 Å². The van der Waals surface area contributed by atoms with Gasteiger partial charge >= 0.3 is 6.09 Å². The van der Waals surface area contributed by atoms with Crippen molar-refractivity contribution in [2.75, 3.05) is 46.8 Å². The maximum Gasteiger partial charge on any atom is 0.415 e. The second-order valence-electron chi connectivity index (χ2n) is 11.9. The number of likely N-dealkylation sites (N-methyl/N-ethyl adjacent to an activating group) is 2. The number of nitrogens with one attached hydrogen (secondary N) is 2. The van der Waals surface area contributed by atoms with Gasteiger partial charge in [-0.2, -0.15) is 0 Å². The topological polar surface area (TPSA) is 208 Å². The Hall–Kier alpha value is -3.91. The predicted octanol–water partition coefficient (Wildman–Crippen LogP) is -1.03. The van der Waals surface area contributed by atoms with Crippen molar-refractivity contribution in [1.82, 2.24) is 20.4 Å². The van der Waals surface area contributed by atoms with E-state index in [0.29, 0.717) is 49.3 Å². The molecule has 2 aliphatic heterocycles. The van der Waals surface area contributed by atoms with Crippen LogP contribution in [0.3, 0.4) is 0 Å². The molecule has 2 aliphatic carbocycles. The highest BCUT2D eigenvalue weighted by molar-refractivity contribution is 5.90. The Bertz CT molecular complexity index is 1320. The van der Waals surface area contributed by atoms with Crippen LogP contribution in [-0.2, 0) is 26.2 Å². The average molecular weight is 599 g/mol. The second-order valence-corrected chi connectivity index (χ2v) is 11.9. The minimum absolute atomic E-state index is 0.0521. The molecule has 43 heavy (non-hydrogen) atoms. The Balaban J connectivity index is 1.21. The average Bonchev–Trinajstić information content (AvgIpc) is 3.34. The standard InChI is InChI=1S/C29H42N8O6/c1-36-12-9-29-17-6-7-20(38)25(29)43-24-21(8-5-16(23(24)29)14-19(17)36)42-28(41)37(2)13-11-33-26(40)18(35-22(39)15-30)4-3-10-34-27(31)32/h5,8,17-19,25H,3-4,6-7,9-15,30H2,1-2H3,(H,33,40)(H,35,39)(H4,31,32,34)/t17?,18-,19?,25?,29?/m0/s1. The van der Waals surface area contributed by atoms with Gasteiger partial charge in [-0.05, 0) is 63.2 Å². The normalized spacial score (nSPS) is 25.6. The Morgan fingerprint density at radius 2 is 2.09 bits per heavy atom. The van der Waals surface area contributed by atoms with Crippen molar-refractivity contribution >= 4 is 29.7 Å². The summed E-state index contributed by atoms with van der Waals surface area (Å²) in [6.07, 6.45) is 2.66. The number of nitrogens with zero attached hydrogens (tertiary/aromatic N) is 3. The van der Waals surface area contributed by atoms with E-state index in [2.05, 4.69) is 27.6 Å². The van der Waals surface area contributed by atoms with E-state index in [1.165, 1.54) is 4.90 Å². The van der Waals surface area contributed by atoms with E-state index in [1.54, 1.807) is 13.1 Å². The molecule has 4 aliphatic rings. The van der Waals surface area contributed by atoms with Gasteiger partial charge in [0.1, 0.15) is 6.04 Å². The molecule has 14 heteroatoms. The largest absolute Gasteiger partial charge is 0.477 e. The van der Waals surface area contributed by atoms with Gasteiger partial charge in [-0.1, -0.05) is 6.07 Å². The summed E-state index contributed by atoms with van der Waals surface area (Å²) in [5.41, 5.74) is 17.9. The molecular formula is C29H42N8O6. The number of nitrogens with two attached hydrogens (primary N) is 3. The van der Waals surface area contributed by atoms with Crippen LogP contribution in [0.25, 0.3) is 0 Å². The molecule has 0 radical (unpaired) electrons. The first-order chi connectivity index (χ1) is 20.6. The molecule has 234 valence electrons. The number of carbonyl (C=O) groups excluding carboxylic acids is 4. The predicted molar refractivity (Wildman–Crippen MR) is 158 cm³/mol. The van der Waals surface area contributed by atoms with Crippen molar-refractivity contribution in [3.8, 4) is 11.5 Å². The number of ether oxygens (including phenoxy) is 2. The minimum atomic E-state index is -0.826. The zero-order valence-corrected chi connectivity index (χ0v) is 24.8. The fourth-order valence-electron chi connectivity index (χ4n) is 7.35. The van der Waals surface area contributed by atoms with Crippen LogP contribution in [0.4, 0.5) is 4.79 Å². The summed E-state index contributed by atoms with van der Waals surface area (Å²) >= 11 is 0.